The van der Waals surface area contributed by atoms with Crippen molar-refractivity contribution < 1.29 is 19.8 Å². The van der Waals surface area contributed by atoms with E-state index in [9.17, 15) is 9.59 Å². The van der Waals surface area contributed by atoms with Crippen molar-refractivity contribution in [3.8, 4) is 0 Å². The van der Waals surface area contributed by atoms with Crippen LogP contribution in [0.15, 0.2) is 0 Å². The highest BCUT2D eigenvalue weighted by Gasteiger charge is 2.08. The third-order valence-electron chi connectivity index (χ3n) is 3.08. The van der Waals surface area contributed by atoms with Crippen LogP contribution in [0.5, 0.6) is 0 Å². The molecule has 0 fully saturated rings. The third kappa shape index (κ3) is 19.3. The van der Waals surface area contributed by atoms with Gasteiger partial charge >= 0.3 is 11.9 Å². The summed E-state index contributed by atoms with van der Waals surface area (Å²) in [5.41, 5.74) is 0. The molecule has 0 aromatic rings. The lowest BCUT2D eigenvalue weighted by Crippen LogP contribution is -2.08. The molecule has 1 unspecified atom stereocenters. The Morgan fingerprint density at radius 1 is 0.900 bits per heavy atom. The molecular formula is C16H32O4. The zero-order valence-electron chi connectivity index (χ0n) is 13.5. The molecule has 0 saturated carbocycles. The van der Waals surface area contributed by atoms with Crippen LogP contribution in [0.2, 0.25) is 0 Å². The summed E-state index contributed by atoms with van der Waals surface area (Å²) in [7, 11) is 0. The van der Waals surface area contributed by atoms with Gasteiger partial charge in [0, 0.05) is 6.42 Å². The van der Waals surface area contributed by atoms with E-state index >= 15 is 0 Å². The fourth-order valence-electron chi connectivity index (χ4n) is 1.65. The summed E-state index contributed by atoms with van der Waals surface area (Å²) in [5.74, 6) is -0.805. The number of hydrogen-bond acceptors (Lipinski definition) is 2. The van der Waals surface area contributed by atoms with Gasteiger partial charge in [0.25, 0.3) is 0 Å². The molecule has 0 amide bonds. The van der Waals surface area contributed by atoms with E-state index in [0.29, 0.717) is 12.3 Å². The Kier molecular flexibility index (Phi) is 15.2. The first-order valence-electron chi connectivity index (χ1n) is 7.75. The number of carboxylic acids is 2. The molecule has 0 aromatic carbocycles. The highest BCUT2D eigenvalue weighted by molar-refractivity contribution is 5.69. The number of hydrogen-bond donors (Lipinski definition) is 2. The Hall–Kier alpha value is -1.06. The van der Waals surface area contributed by atoms with Crippen LogP contribution in [-0.4, -0.2) is 22.2 Å². The van der Waals surface area contributed by atoms with Crippen LogP contribution in [-0.2, 0) is 9.59 Å². The molecule has 0 aliphatic heterocycles. The Balaban J connectivity index is 0. The first-order chi connectivity index (χ1) is 9.31. The highest BCUT2D eigenvalue weighted by Crippen LogP contribution is 2.08. The fourth-order valence-corrected chi connectivity index (χ4v) is 1.65. The summed E-state index contributed by atoms with van der Waals surface area (Å²) < 4.78 is 0. The van der Waals surface area contributed by atoms with Crippen molar-refractivity contribution in [2.75, 3.05) is 0 Å². The normalized spacial score (nSPS) is 11.7. The van der Waals surface area contributed by atoms with Gasteiger partial charge in [-0.1, -0.05) is 59.8 Å². The quantitative estimate of drug-likeness (QED) is 0.577. The van der Waals surface area contributed by atoms with E-state index in [1.165, 1.54) is 0 Å². The number of carboxylic acid groups (broad SMARTS) is 2. The van der Waals surface area contributed by atoms with E-state index in [1.807, 2.05) is 0 Å². The predicted octanol–water partition coefficient (Wildman–Crippen LogP) is 4.57. The fraction of sp³-hybridized carbons (Fsp3) is 0.875. The second-order valence-electron chi connectivity index (χ2n) is 5.77. The van der Waals surface area contributed by atoms with Crippen molar-refractivity contribution >= 4 is 11.9 Å². The average molecular weight is 288 g/mol. The minimum absolute atomic E-state index is 0.161. The van der Waals surface area contributed by atoms with Crippen LogP contribution in [0.1, 0.15) is 79.1 Å². The van der Waals surface area contributed by atoms with E-state index in [1.54, 1.807) is 6.92 Å². The van der Waals surface area contributed by atoms with Crippen LogP contribution in [0.3, 0.4) is 0 Å². The molecule has 0 heterocycles. The van der Waals surface area contributed by atoms with Crippen molar-refractivity contribution in [2.45, 2.75) is 79.1 Å². The van der Waals surface area contributed by atoms with Gasteiger partial charge in [0.05, 0.1) is 5.92 Å². The molecule has 0 rings (SSSR count). The number of rotatable bonds is 10. The topological polar surface area (TPSA) is 74.6 Å². The third-order valence-corrected chi connectivity index (χ3v) is 3.08. The van der Waals surface area contributed by atoms with Crippen LogP contribution < -0.4 is 0 Å². The van der Waals surface area contributed by atoms with Gasteiger partial charge in [-0.3, -0.25) is 9.59 Å². The van der Waals surface area contributed by atoms with Crippen molar-refractivity contribution in [3.05, 3.63) is 0 Å². The standard InChI is InChI=1S/2C8H16O2/c1-7(2)5-3-4-6-8(9)10;1-3-4-5-6-7(2)8(9)10/h2*7H,3-6H2,1-2H3,(H,9,10). The minimum Gasteiger partial charge on any atom is -0.481 e. The zero-order chi connectivity index (χ0) is 16.0. The molecule has 1 atom stereocenters. The molecule has 0 spiro atoms. The molecule has 4 nitrogen and oxygen atoms in total. The van der Waals surface area contributed by atoms with Gasteiger partial charge in [-0.25, -0.2) is 0 Å². The molecule has 0 bridgehead atoms. The molecule has 0 radical (unpaired) electrons. The van der Waals surface area contributed by atoms with E-state index in [4.69, 9.17) is 10.2 Å². The number of unbranched alkanes of at least 4 members (excludes halogenated alkanes) is 3. The van der Waals surface area contributed by atoms with Crippen molar-refractivity contribution in [3.63, 3.8) is 0 Å². The summed E-state index contributed by atoms with van der Waals surface area (Å²) in [6, 6.07) is 0. The smallest absolute Gasteiger partial charge is 0.306 e. The van der Waals surface area contributed by atoms with E-state index in [2.05, 4.69) is 20.8 Å². The van der Waals surface area contributed by atoms with Crippen molar-refractivity contribution in [2.24, 2.45) is 11.8 Å². The molecule has 0 aliphatic rings. The molecule has 0 aliphatic carbocycles. The first kappa shape index (κ1) is 21.2. The van der Waals surface area contributed by atoms with Crippen LogP contribution in [0.4, 0.5) is 0 Å². The summed E-state index contributed by atoms with van der Waals surface area (Å²) >= 11 is 0. The van der Waals surface area contributed by atoms with Gasteiger partial charge in [-0.05, 0) is 18.8 Å². The molecular weight excluding hydrogens is 256 g/mol. The summed E-state index contributed by atoms with van der Waals surface area (Å²) in [6.45, 7) is 8.19. The van der Waals surface area contributed by atoms with E-state index < -0.39 is 11.9 Å². The van der Waals surface area contributed by atoms with Gasteiger partial charge in [0.2, 0.25) is 0 Å². The highest BCUT2D eigenvalue weighted by atomic mass is 16.4. The molecule has 120 valence electrons. The second-order valence-corrected chi connectivity index (χ2v) is 5.77. The summed E-state index contributed by atoms with van der Waals surface area (Å²) in [6.07, 6.45) is 7.52. The largest absolute Gasteiger partial charge is 0.481 e. The SMILES string of the molecule is CC(C)CCCCC(=O)O.CCCCCC(C)C(=O)O. The maximum atomic E-state index is 10.3. The molecule has 20 heavy (non-hydrogen) atoms. The monoisotopic (exact) mass is 288 g/mol. The average Bonchev–Trinajstić information content (AvgIpc) is 2.35. The summed E-state index contributed by atoms with van der Waals surface area (Å²) in [5, 5.41) is 16.8. The van der Waals surface area contributed by atoms with Crippen LogP contribution in [0, 0.1) is 11.8 Å². The van der Waals surface area contributed by atoms with Gasteiger partial charge in [0.1, 0.15) is 0 Å². The molecule has 0 aromatic heterocycles. The predicted molar refractivity (Wildman–Crippen MR) is 81.9 cm³/mol. The Morgan fingerprint density at radius 2 is 1.45 bits per heavy atom. The lowest BCUT2D eigenvalue weighted by atomic mass is 10.0. The van der Waals surface area contributed by atoms with Crippen LogP contribution >= 0.6 is 0 Å². The lowest BCUT2D eigenvalue weighted by molar-refractivity contribution is -0.141. The van der Waals surface area contributed by atoms with Crippen molar-refractivity contribution in [1.29, 1.82) is 0 Å². The van der Waals surface area contributed by atoms with E-state index in [-0.39, 0.29) is 5.92 Å². The van der Waals surface area contributed by atoms with Gasteiger partial charge < -0.3 is 10.2 Å². The van der Waals surface area contributed by atoms with Crippen LogP contribution in [0.25, 0.3) is 0 Å². The second kappa shape index (κ2) is 14.4. The Morgan fingerprint density at radius 3 is 1.85 bits per heavy atom. The van der Waals surface area contributed by atoms with E-state index in [0.717, 1.165) is 44.9 Å². The number of aliphatic carboxylic acids is 2. The first-order valence-corrected chi connectivity index (χ1v) is 7.75. The Labute approximate surface area is 123 Å². The van der Waals surface area contributed by atoms with Gasteiger partial charge in [-0.15, -0.1) is 0 Å². The maximum absolute atomic E-state index is 10.3. The molecule has 2 N–H and O–H groups in total. The number of carbonyl (C=O) groups is 2. The minimum atomic E-state index is -0.677. The lowest BCUT2D eigenvalue weighted by Gasteiger charge is -2.03. The molecule has 4 heteroatoms. The van der Waals surface area contributed by atoms with Gasteiger partial charge in [0.15, 0.2) is 0 Å². The Bertz CT molecular complexity index is 249. The van der Waals surface area contributed by atoms with Gasteiger partial charge in [-0.2, -0.15) is 0 Å². The van der Waals surface area contributed by atoms with Crippen molar-refractivity contribution in [1.82, 2.24) is 0 Å². The molecule has 0 saturated heterocycles. The maximum Gasteiger partial charge on any atom is 0.306 e. The zero-order valence-corrected chi connectivity index (χ0v) is 13.5. The summed E-state index contributed by atoms with van der Waals surface area (Å²) in [4.78, 5) is 20.3.